The maximum absolute atomic E-state index is 12.7. The van der Waals surface area contributed by atoms with Crippen molar-refractivity contribution in [1.29, 1.82) is 0 Å². The number of hydrogen-bond donors (Lipinski definition) is 2. The second-order valence-corrected chi connectivity index (χ2v) is 5.43. The smallest absolute Gasteiger partial charge is 0.257 e. The van der Waals surface area contributed by atoms with E-state index < -0.39 is 0 Å². The highest BCUT2D eigenvalue weighted by Crippen LogP contribution is 2.24. The number of phenolic OH excluding ortho intramolecular Hbond substituents is 1. The van der Waals surface area contributed by atoms with Gasteiger partial charge in [0.2, 0.25) is 0 Å². The quantitative estimate of drug-likeness (QED) is 0.842. The molecule has 1 amide bonds. The Morgan fingerprint density at radius 3 is 2.95 bits per heavy atom. The topological polar surface area (TPSA) is 61.8 Å². The molecule has 0 bridgehead atoms. The summed E-state index contributed by atoms with van der Waals surface area (Å²) in [6.45, 7) is 4.44. The maximum atomic E-state index is 12.7. The van der Waals surface area contributed by atoms with Crippen LogP contribution in [0.25, 0.3) is 0 Å². The molecule has 1 heterocycles. The van der Waals surface area contributed by atoms with E-state index in [1.54, 1.807) is 19.2 Å². The van der Waals surface area contributed by atoms with Crippen molar-refractivity contribution < 1.29 is 14.6 Å². The second-order valence-electron chi connectivity index (χ2n) is 5.43. The Balaban J connectivity index is 2.16. The van der Waals surface area contributed by atoms with E-state index in [4.69, 9.17) is 4.74 Å². The fraction of sp³-hybridized carbons (Fsp3) is 0.562. The van der Waals surface area contributed by atoms with Crippen LogP contribution in [0, 0.1) is 0 Å². The van der Waals surface area contributed by atoms with Gasteiger partial charge >= 0.3 is 0 Å². The molecule has 0 aliphatic carbocycles. The lowest BCUT2D eigenvalue weighted by Gasteiger charge is -2.26. The van der Waals surface area contributed by atoms with Crippen LogP contribution in [-0.2, 0) is 0 Å². The van der Waals surface area contributed by atoms with E-state index in [1.807, 2.05) is 11.8 Å². The van der Waals surface area contributed by atoms with Gasteiger partial charge in [0, 0.05) is 19.1 Å². The maximum Gasteiger partial charge on any atom is 0.257 e. The molecule has 116 valence electrons. The average molecular weight is 292 g/mol. The number of ether oxygens (including phenoxy) is 1. The summed E-state index contributed by atoms with van der Waals surface area (Å²) in [7, 11) is 1.55. The van der Waals surface area contributed by atoms with Crippen molar-refractivity contribution in [3.8, 4) is 11.5 Å². The number of benzene rings is 1. The summed E-state index contributed by atoms with van der Waals surface area (Å²) >= 11 is 0. The summed E-state index contributed by atoms with van der Waals surface area (Å²) in [4.78, 5) is 14.5. The first-order chi connectivity index (χ1) is 10.2. The second kappa shape index (κ2) is 7.31. The van der Waals surface area contributed by atoms with Crippen LogP contribution in [0.4, 0.5) is 0 Å². The lowest BCUT2D eigenvalue weighted by atomic mass is 10.1. The van der Waals surface area contributed by atoms with E-state index in [-0.39, 0.29) is 11.7 Å². The lowest BCUT2D eigenvalue weighted by Crippen LogP contribution is -2.41. The number of rotatable bonds is 6. The molecule has 1 fully saturated rings. The molecule has 5 heteroatoms. The zero-order chi connectivity index (χ0) is 15.2. The van der Waals surface area contributed by atoms with Crippen LogP contribution < -0.4 is 10.1 Å². The third kappa shape index (κ3) is 3.88. The minimum Gasteiger partial charge on any atom is -0.507 e. The molecule has 0 radical (unpaired) electrons. The molecular weight excluding hydrogens is 268 g/mol. The van der Waals surface area contributed by atoms with Crippen LogP contribution in [0.5, 0.6) is 11.5 Å². The first kappa shape index (κ1) is 15.6. The summed E-state index contributed by atoms with van der Waals surface area (Å²) < 4.78 is 5.14. The van der Waals surface area contributed by atoms with Gasteiger partial charge in [0.15, 0.2) is 0 Å². The number of nitrogens with one attached hydrogen (secondary N) is 1. The summed E-state index contributed by atoms with van der Waals surface area (Å²) in [5, 5.41) is 13.4. The number of carbonyl (C=O) groups excluding carboxylic acids is 1. The third-order valence-electron chi connectivity index (χ3n) is 3.82. The minimum atomic E-state index is -0.137. The van der Waals surface area contributed by atoms with Gasteiger partial charge in [-0.05, 0) is 44.0 Å². The van der Waals surface area contributed by atoms with Crippen molar-refractivity contribution in [1.82, 2.24) is 10.2 Å². The molecule has 1 atom stereocenters. The van der Waals surface area contributed by atoms with Crippen LogP contribution >= 0.6 is 0 Å². The Hall–Kier alpha value is -1.75. The first-order valence-corrected chi connectivity index (χ1v) is 7.55. The van der Waals surface area contributed by atoms with Crippen molar-refractivity contribution >= 4 is 5.91 Å². The van der Waals surface area contributed by atoms with Gasteiger partial charge in [0.25, 0.3) is 5.91 Å². The number of aromatic hydroxyl groups is 1. The third-order valence-corrected chi connectivity index (χ3v) is 3.82. The monoisotopic (exact) mass is 292 g/mol. The Morgan fingerprint density at radius 1 is 1.52 bits per heavy atom. The molecule has 1 saturated heterocycles. The number of amides is 1. The number of methoxy groups -OCH3 is 1. The Labute approximate surface area is 125 Å². The van der Waals surface area contributed by atoms with Crippen LogP contribution in [-0.4, -0.2) is 48.7 Å². The minimum absolute atomic E-state index is 0.00119. The molecule has 0 saturated carbocycles. The Bertz CT molecular complexity index is 484. The molecule has 5 nitrogen and oxygen atoms in total. The Kier molecular flexibility index (Phi) is 5.44. The molecule has 0 aromatic heterocycles. The van der Waals surface area contributed by atoms with Crippen LogP contribution in [0.1, 0.15) is 36.5 Å². The van der Waals surface area contributed by atoms with Gasteiger partial charge in [-0.15, -0.1) is 0 Å². The van der Waals surface area contributed by atoms with E-state index in [2.05, 4.69) is 5.32 Å². The number of nitrogens with zero attached hydrogens (tertiary/aromatic N) is 1. The van der Waals surface area contributed by atoms with Gasteiger partial charge in [-0.3, -0.25) is 4.79 Å². The van der Waals surface area contributed by atoms with Crippen molar-refractivity contribution in [3.63, 3.8) is 0 Å². The predicted molar refractivity (Wildman–Crippen MR) is 81.9 cm³/mol. The molecule has 21 heavy (non-hydrogen) atoms. The molecule has 1 aliphatic heterocycles. The first-order valence-electron chi connectivity index (χ1n) is 7.55. The van der Waals surface area contributed by atoms with Crippen LogP contribution in [0.2, 0.25) is 0 Å². The fourth-order valence-corrected chi connectivity index (χ4v) is 2.71. The number of hydrogen-bond acceptors (Lipinski definition) is 4. The molecule has 2 rings (SSSR count). The number of phenols is 1. The van der Waals surface area contributed by atoms with Crippen molar-refractivity contribution in [2.45, 2.75) is 32.2 Å². The summed E-state index contributed by atoms with van der Waals surface area (Å²) in [5.74, 6) is 0.440. The van der Waals surface area contributed by atoms with E-state index in [0.29, 0.717) is 30.4 Å². The average Bonchev–Trinajstić information content (AvgIpc) is 3.00. The van der Waals surface area contributed by atoms with Crippen LogP contribution in [0.15, 0.2) is 18.2 Å². The van der Waals surface area contributed by atoms with Gasteiger partial charge in [-0.1, -0.05) is 6.92 Å². The SMILES string of the molecule is CCCN(CC1CCCN1)C(=O)c1cc(OC)ccc1O. The molecule has 0 spiro atoms. The molecule has 2 N–H and O–H groups in total. The zero-order valence-corrected chi connectivity index (χ0v) is 12.8. The molecule has 1 aromatic rings. The highest BCUT2D eigenvalue weighted by atomic mass is 16.5. The molecular formula is C16H24N2O3. The largest absolute Gasteiger partial charge is 0.507 e. The summed E-state index contributed by atoms with van der Waals surface area (Å²) in [6, 6.07) is 5.11. The normalized spacial score (nSPS) is 17.7. The standard InChI is InChI=1S/C16H24N2O3/c1-3-9-18(11-12-5-4-8-17-12)16(20)14-10-13(21-2)6-7-15(14)19/h6-7,10,12,17,19H,3-5,8-9,11H2,1-2H3. The van der Waals surface area contributed by atoms with Crippen molar-refractivity contribution in [3.05, 3.63) is 23.8 Å². The van der Waals surface area contributed by atoms with Gasteiger partial charge in [0.05, 0.1) is 12.7 Å². The van der Waals surface area contributed by atoms with Crippen molar-refractivity contribution in [2.24, 2.45) is 0 Å². The van der Waals surface area contributed by atoms with Gasteiger partial charge in [0.1, 0.15) is 11.5 Å². The van der Waals surface area contributed by atoms with Gasteiger partial charge in [-0.25, -0.2) is 0 Å². The highest BCUT2D eigenvalue weighted by Gasteiger charge is 2.23. The molecule has 1 aromatic carbocycles. The predicted octanol–water partition coefficient (Wildman–Crippen LogP) is 2.00. The van der Waals surface area contributed by atoms with Crippen molar-refractivity contribution in [2.75, 3.05) is 26.7 Å². The molecule has 1 unspecified atom stereocenters. The highest BCUT2D eigenvalue weighted by molar-refractivity contribution is 5.97. The van der Waals surface area contributed by atoms with Gasteiger partial charge in [-0.2, -0.15) is 0 Å². The summed E-state index contributed by atoms with van der Waals surface area (Å²) in [6.07, 6.45) is 3.14. The van der Waals surface area contributed by atoms with E-state index in [0.717, 1.165) is 25.8 Å². The lowest BCUT2D eigenvalue weighted by molar-refractivity contribution is 0.0738. The molecule has 1 aliphatic rings. The van der Waals surface area contributed by atoms with E-state index >= 15 is 0 Å². The van der Waals surface area contributed by atoms with E-state index in [9.17, 15) is 9.90 Å². The zero-order valence-electron chi connectivity index (χ0n) is 12.8. The fourth-order valence-electron chi connectivity index (χ4n) is 2.71. The Morgan fingerprint density at radius 2 is 2.33 bits per heavy atom. The van der Waals surface area contributed by atoms with E-state index in [1.165, 1.54) is 6.07 Å². The van der Waals surface area contributed by atoms with Gasteiger partial charge < -0.3 is 20.1 Å². The number of carbonyl (C=O) groups is 1. The summed E-state index contributed by atoms with van der Waals surface area (Å²) in [5.41, 5.74) is 0.306. The van der Waals surface area contributed by atoms with Crippen LogP contribution in [0.3, 0.4) is 0 Å².